The summed E-state index contributed by atoms with van der Waals surface area (Å²) >= 11 is 10.6. The predicted octanol–water partition coefficient (Wildman–Crippen LogP) is 0.404. The average Bonchev–Trinajstić information content (AvgIpc) is 2.44. The first-order valence-electron chi connectivity index (χ1n) is 7.01. The van der Waals surface area contributed by atoms with E-state index in [9.17, 15) is 23.4 Å². The molecule has 1 aromatic rings. The third-order valence-corrected chi connectivity index (χ3v) is 4.00. The van der Waals surface area contributed by atoms with Crippen LogP contribution in [0, 0.1) is 0 Å². The number of benzene rings is 1. The molecule has 0 saturated carbocycles. The summed E-state index contributed by atoms with van der Waals surface area (Å²) in [5.74, 6) is -1.20. The van der Waals surface area contributed by atoms with Crippen LogP contribution in [-0.2, 0) is 14.6 Å². The lowest BCUT2D eigenvalue weighted by atomic mass is 10.0. The molecule has 0 bridgehead atoms. The maximum atomic E-state index is 11.6. The van der Waals surface area contributed by atoms with Crippen molar-refractivity contribution in [1.29, 1.82) is 0 Å². The molecule has 1 rings (SSSR count). The second kappa shape index (κ2) is 7.42. The number of hydrogen-bond donors (Lipinski definition) is 3. The Morgan fingerprint density at radius 2 is 1.95 bits per heavy atom. The first-order chi connectivity index (χ1) is 10.7. The van der Waals surface area contributed by atoms with Crippen molar-refractivity contribution in [2.75, 3.05) is 12.8 Å². The van der Waals surface area contributed by atoms with Gasteiger partial charge in [-0.25, -0.2) is 8.42 Å². The lowest BCUT2D eigenvalue weighted by Gasteiger charge is -2.23. The number of carbonyl (C=O) groups is 1. The summed E-state index contributed by atoms with van der Waals surface area (Å²) in [6, 6.07) is 1.57. The molecule has 0 saturated heterocycles. The van der Waals surface area contributed by atoms with Crippen molar-refractivity contribution < 1.29 is 27.5 Å². The minimum Gasteiger partial charge on any atom is -0.394 e. The molecule has 0 fully saturated rings. The maximum Gasteiger partial charge on any atom is 0.253 e. The maximum absolute atomic E-state index is 11.6. The van der Waals surface area contributed by atoms with Crippen molar-refractivity contribution in [3.05, 3.63) is 29.8 Å². The summed E-state index contributed by atoms with van der Waals surface area (Å²) in [7, 11) is -3.50. The van der Waals surface area contributed by atoms with Crippen LogP contribution in [0.1, 0.15) is 15.8 Å². The molecule has 6 nitrogen and oxygen atoms in total. The molecular formula is C12H15Cl2NO5S. The Balaban J connectivity index is 3.26. The number of carbonyl (C=O) groups excluding carboxylic acids is 1. The molecule has 21 heavy (non-hydrogen) atoms. The van der Waals surface area contributed by atoms with Crippen LogP contribution in [0.3, 0.4) is 0 Å². The Hall–Kier alpha value is -0.860. The Morgan fingerprint density at radius 1 is 1.43 bits per heavy atom. The molecule has 0 radical (unpaired) electrons. The molecule has 9 heteroatoms. The smallest absolute Gasteiger partial charge is 0.253 e. The van der Waals surface area contributed by atoms with Crippen molar-refractivity contribution in [3.8, 4) is 0 Å². The Morgan fingerprint density at radius 3 is 2.33 bits per heavy atom. The van der Waals surface area contributed by atoms with E-state index in [-0.39, 0.29) is 10.5 Å². The SMILES string of the molecule is [2H]C([2H])(O)C([2H])(NC(=O)C(Cl)Cl)C(O)c1ccc(S(C)(=O)=O)cc1. The Bertz CT molecular complexity index is 708. The van der Waals surface area contributed by atoms with Gasteiger partial charge < -0.3 is 15.5 Å². The molecule has 2 unspecified atom stereocenters. The largest absolute Gasteiger partial charge is 0.394 e. The molecular weight excluding hydrogens is 341 g/mol. The second-order valence-electron chi connectivity index (χ2n) is 4.06. The van der Waals surface area contributed by atoms with Gasteiger partial charge in [0.15, 0.2) is 14.7 Å². The number of rotatable bonds is 6. The Kier molecular flexibility index (Phi) is 4.87. The number of halogens is 2. The minimum atomic E-state index is -3.50. The Labute approximate surface area is 136 Å². The van der Waals surface area contributed by atoms with Gasteiger partial charge in [-0.05, 0) is 17.7 Å². The standard InChI is InChI=1S/C12H15Cl2NO5S/c1-21(19,20)8-4-2-7(3-5-8)10(17)9(6-16)15-12(18)11(13)14/h2-5,9-11,16-17H,6H2,1H3,(H,15,18)/i6D2,9D. The average molecular weight is 359 g/mol. The van der Waals surface area contributed by atoms with Gasteiger partial charge >= 0.3 is 0 Å². The molecule has 0 spiro atoms. The molecule has 118 valence electrons. The zero-order valence-electron chi connectivity index (χ0n) is 13.7. The van der Waals surface area contributed by atoms with E-state index in [4.69, 9.17) is 27.3 Å². The third-order valence-electron chi connectivity index (χ3n) is 2.47. The quantitative estimate of drug-likeness (QED) is 0.638. The first kappa shape index (κ1) is 13.8. The van der Waals surface area contributed by atoms with Crippen LogP contribution in [-0.4, -0.2) is 48.2 Å². The van der Waals surface area contributed by atoms with Gasteiger partial charge in [0.25, 0.3) is 5.91 Å². The van der Waals surface area contributed by atoms with E-state index in [1.807, 2.05) is 0 Å². The topological polar surface area (TPSA) is 104 Å². The zero-order chi connectivity index (χ0) is 18.9. The van der Waals surface area contributed by atoms with E-state index in [0.717, 1.165) is 30.5 Å². The van der Waals surface area contributed by atoms with Crippen molar-refractivity contribution in [2.45, 2.75) is 21.9 Å². The highest BCUT2D eigenvalue weighted by Crippen LogP contribution is 2.20. The van der Waals surface area contributed by atoms with Crippen molar-refractivity contribution >= 4 is 38.9 Å². The normalized spacial score (nSPS) is 19.0. The highest BCUT2D eigenvalue weighted by atomic mass is 35.5. The van der Waals surface area contributed by atoms with Crippen molar-refractivity contribution in [1.82, 2.24) is 5.32 Å². The molecule has 0 aliphatic carbocycles. The second-order valence-corrected chi connectivity index (χ2v) is 7.17. The number of amides is 1. The molecule has 0 heterocycles. The van der Waals surface area contributed by atoms with Crippen LogP contribution in [0.15, 0.2) is 29.2 Å². The number of aliphatic hydroxyl groups excluding tert-OH is 1. The monoisotopic (exact) mass is 358 g/mol. The number of hydrogen-bond acceptors (Lipinski definition) is 5. The van der Waals surface area contributed by atoms with Gasteiger partial charge in [0.2, 0.25) is 0 Å². The van der Waals surface area contributed by atoms with Crippen LogP contribution in [0.4, 0.5) is 0 Å². The highest BCUT2D eigenvalue weighted by Gasteiger charge is 2.24. The van der Waals surface area contributed by atoms with Crippen LogP contribution >= 0.6 is 23.2 Å². The summed E-state index contributed by atoms with van der Waals surface area (Å²) in [5.41, 5.74) is -0.115. The first-order valence-corrected chi connectivity index (χ1v) is 8.27. The fourth-order valence-corrected chi connectivity index (χ4v) is 2.15. The predicted molar refractivity (Wildman–Crippen MR) is 79.0 cm³/mol. The molecule has 0 aliphatic heterocycles. The van der Waals surface area contributed by atoms with Gasteiger partial charge in [-0.2, -0.15) is 0 Å². The summed E-state index contributed by atoms with van der Waals surface area (Å²) < 4.78 is 45.4. The van der Waals surface area contributed by atoms with Gasteiger partial charge in [-0.1, -0.05) is 35.3 Å². The summed E-state index contributed by atoms with van der Waals surface area (Å²) in [6.45, 7) is -3.37. The number of alkyl halides is 2. The zero-order valence-corrected chi connectivity index (χ0v) is 13.1. The molecule has 0 aliphatic rings. The van der Waals surface area contributed by atoms with Crippen molar-refractivity contribution in [3.63, 3.8) is 0 Å². The van der Waals surface area contributed by atoms with E-state index in [1.165, 1.54) is 0 Å². The van der Waals surface area contributed by atoms with Crippen LogP contribution < -0.4 is 5.32 Å². The fraction of sp³-hybridized carbons (Fsp3) is 0.417. The summed E-state index contributed by atoms with van der Waals surface area (Å²) in [4.78, 5) is 9.84. The number of aliphatic hydroxyl groups is 2. The van der Waals surface area contributed by atoms with E-state index in [2.05, 4.69) is 0 Å². The van der Waals surface area contributed by atoms with Crippen molar-refractivity contribution in [2.24, 2.45) is 0 Å². The van der Waals surface area contributed by atoms with Gasteiger partial charge in [0.1, 0.15) is 6.10 Å². The lowest BCUT2D eigenvalue weighted by Crippen LogP contribution is -2.44. The van der Waals surface area contributed by atoms with Gasteiger partial charge in [-0.3, -0.25) is 4.79 Å². The van der Waals surface area contributed by atoms with E-state index in [0.29, 0.717) is 0 Å². The lowest BCUT2D eigenvalue weighted by molar-refractivity contribution is -0.121. The summed E-state index contributed by atoms with van der Waals surface area (Å²) in [6.07, 6.45) is -1.08. The van der Waals surface area contributed by atoms with Crippen LogP contribution in [0.25, 0.3) is 0 Å². The van der Waals surface area contributed by atoms with E-state index >= 15 is 0 Å². The fourth-order valence-electron chi connectivity index (χ4n) is 1.41. The number of sulfone groups is 1. The van der Waals surface area contributed by atoms with Gasteiger partial charge in [0.05, 0.1) is 21.6 Å². The molecule has 3 N–H and O–H groups in total. The van der Waals surface area contributed by atoms with Crippen LogP contribution in [0.5, 0.6) is 0 Å². The van der Waals surface area contributed by atoms with Gasteiger partial charge in [-0.15, -0.1) is 0 Å². The summed E-state index contributed by atoms with van der Waals surface area (Å²) in [5, 5.41) is 21.6. The molecule has 1 amide bonds. The third kappa shape index (κ3) is 5.12. The highest BCUT2D eigenvalue weighted by molar-refractivity contribution is 7.90. The molecule has 1 aromatic carbocycles. The minimum absolute atomic E-state index is 0.0633. The molecule has 2 atom stereocenters. The van der Waals surface area contributed by atoms with E-state index in [1.54, 1.807) is 5.32 Å². The molecule has 0 aromatic heterocycles. The van der Waals surface area contributed by atoms with Crippen LogP contribution in [0.2, 0.25) is 0 Å². The van der Waals surface area contributed by atoms with Gasteiger partial charge in [0, 0.05) is 6.26 Å². The van der Waals surface area contributed by atoms with E-state index < -0.39 is 39.3 Å². The number of nitrogens with one attached hydrogen (secondary N) is 1.